The van der Waals surface area contributed by atoms with E-state index in [9.17, 15) is 0 Å². The minimum atomic E-state index is -0.224. The fraction of sp³-hybridized carbons (Fsp3) is 0.111. The lowest BCUT2D eigenvalue weighted by Gasteiger charge is -2.42. The first kappa shape index (κ1) is 27.7. The van der Waals surface area contributed by atoms with Crippen LogP contribution in [0.1, 0.15) is 31.4 Å². The van der Waals surface area contributed by atoms with Crippen molar-refractivity contribution in [3.63, 3.8) is 0 Å². The van der Waals surface area contributed by atoms with Crippen LogP contribution < -0.4 is 4.74 Å². The molecule has 0 saturated heterocycles. The van der Waals surface area contributed by atoms with E-state index in [-0.39, 0.29) is 11.5 Å². The Labute approximate surface area is 275 Å². The number of furan rings is 1. The highest BCUT2D eigenvalue weighted by Crippen LogP contribution is 2.51. The van der Waals surface area contributed by atoms with Crippen molar-refractivity contribution in [1.82, 2.24) is 0 Å². The Bertz CT molecular complexity index is 2350. The fourth-order valence-corrected chi connectivity index (χ4v) is 7.49. The molecule has 6 aromatic carbocycles. The lowest BCUT2D eigenvalue weighted by molar-refractivity contribution is 0.197. The molecular formula is C45H34O2. The van der Waals surface area contributed by atoms with Gasteiger partial charge in [0.2, 0.25) is 0 Å². The van der Waals surface area contributed by atoms with Gasteiger partial charge >= 0.3 is 0 Å². The quantitative estimate of drug-likeness (QED) is 0.199. The second kappa shape index (κ2) is 10.7. The van der Waals surface area contributed by atoms with Gasteiger partial charge in [0, 0.05) is 28.2 Å². The summed E-state index contributed by atoms with van der Waals surface area (Å²) in [4.78, 5) is 0. The standard InChI is InChI=1S/C45H34O2/c1-45(2)39-23-22-38-37-15-9-10-16-41(37)46-43(38)44(39)47-42-24-21-33(28-40(42)45)36-26-34(30-13-7-4-8-14-30)25-35(27-36)32-19-17-31(18-20-32)29-11-5-3-6-12-29/h3-23,25-28,42H,24H2,1-2H3. The van der Waals surface area contributed by atoms with Crippen molar-refractivity contribution in [2.75, 3.05) is 0 Å². The van der Waals surface area contributed by atoms with Gasteiger partial charge < -0.3 is 9.15 Å². The lowest BCUT2D eigenvalue weighted by atomic mass is 9.70. The van der Waals surface area contributed by atoms with Crippen molar-refractivity contribution in [2.24, 2.45) is 0 Å². The Balaban J connectivity index is 1.13. The number of benzene rings is 6. The Morgan fingerprint density at radius 1 is 0.553 bits per heavy atom. The molecule has 0 N–H and O–H groups in total. The molecule has 0 fully saturated rings. The van der Waals surface area contributed by atoms with E-state index in [1.54, 1.807) is 0 Å². The molecule has 1 aromatic heterocycles. The normalized spacial score (nSPS) is 16.6. The molecule has 9 rings (SSSR count). The van der Waals surface area contributed by atoms with Crippen molar-refractivity contribution < 1.29 is 9.15 Å². The van der Waals surface area contributed by atoms with Crippen LogP contribution in [0.15, 0.2) is 162 Å². The summed E-state index contributed by atoms with van der Waals surface area (Å²) in [6, 6.07) is 49.9. The van der Waals surface area contributed by atoms with Crippen LogP contribution in [0, 0.1) is 0 Å². The van der Waals surface area contributed by atoms with Gasteiger partial charge in [-0.05, 0) is 80.4 Å². The third kappa shape index (κ3) is 4.63. The van der Waals surface area contributed by atoms with Crippen molar-refractivity contribution in [1.29, 1.82) is 0 Å². The lowest BCUT2D eigenvalue weighted by Crippen LogP contribution is -2.38. The Hall–Kier alpha value is -5.60. The Morgan fingerprint density at radius 3 is 1.83 bits per heavy atom. The van der Waals surface area contributed by atoms with Crippen molar-refractivity contribution in [3.05, 3.63) is 168 Å². The second-order valence-electron chi connectivity index (χ2n) is 13.3. The van der Waals surface area contributed by atoms with Crippen LogP contribution in [0.25, 0.3) is 60.9 Å². The van der Waals surface area contributed by atoms with Gasteiger partial charge in [-0.15, -0.1) is 0 Å². The monoisotopic (exact) mass is 606 g/mol. The molecule has 1 unspecified atom stereocenters. The molecule has 2 heteroatoms. The molecule has 2 aliphatic rings. The summed E-state index contributed by atoms with van der Waals surface area (Å²) in [6.07, 6.45) is 5.49. The second-order valence-corrected chi connectivity index (χ2v) is 13.3. The van der Waals surface area contributed by atoms with Crippen molar-refractivity contribution in [3.8, 4) is 39.1 Å². The van der Waals surface area contributed by atoms with Crippen LogP contribution in [-0.2, 0) is 5.41 Å². The van der Waals surface area contributed by atoms with Crippen molar-refractivity contribution >= 4 is 27.5 Å². The summed E-state index contributed by atoms with van der Waals surface area (Å²) in [5, 5.41) is 2.24. The molecule has 1 aliphatic carbocycles. The van der Waals surface area contributed by atoms with E-state index in [0.29, 0.717) is 0 Å². The van der Waals surface area contributed by atoms with Crippen molar-refractivity contribution in [2.45, 2.75) is 31.8 Å². The van der Waals surface area contributed by atoms with Crippen LogP contribution in [-0.4, -0.2) is 6.10 Å². The molecule has 226 valence electrons. The Kier molecular flexibility index (Phi) is 6.33. The number of allylic oxidation sites excluding steroid dienone is 2. The molecule has 0 radical (unpaired) electrons. The van der Waals surface area contributed by atoms with Crippen LogP contribution in [0.2, 0.25) is 0 Å². The van der Waals surface area contributed by atoms with Gasteiger partial charge in [0.15, 0.2) is 11.3 Å². The smallest absolute Gasteiger partial charge is 0.177 e. The van der Waals surface area contributed by atoms with E-state index in [4.69, 9.17) is 9.15 Å². The molecule has 0 bridgehead atoms. The molecule has 0 spiro atoms. The maximum Gasteiger partial charge on any atom is 0.177 e. The summed E-state index contributed by atoms with van der Waals surface area (Å²) in [5.41, 5.74) is 13.7. The summed E-state index contributed by atoms with van der Waals surface area (Å²) in [5.74, 6) is 0.884. The zero-order valence-corrected chi connectivity index (χ0v) is 26.5. The van der Waals surface area contributed by atoms with E-state index in [1.807, 2.05) is 12.1 Å². The number of hydrogen-bond donors (Lipinski definition) is 0. The molecule has 0 amide bonds. The molecule has 1 aliphatic heterocycles. The van der Waals surface area contributed by atoms with Gasteiger partial charge in [0.05, 0.1) is 0 Å². The number of fused-ring (bicyclic) bond motifs is 6. The maximum absolute atomic E-state index is 6.83. The third-order valence-corrected chi connectivity index (χ3v) is 10.1. The molecule has 1 atom stereocenters. The molecular weight excluding hydrogens is 572 g/mol. The van der Waals surface area contributed by atoms with E-state index >= 15 is 0 Å². The summed E-state index contributed by atoms with van der Waals surface area (Å²) in [7, 11) is 0. The van der Waals surface area contributed by atoms with Gasteiger partial charge in [-0.3, -0.25) is 0 Å². The molecule has 2 nitrogen and oxygen atoms in total. The van der Waals surface area contributed by atoms with Crippen LogP contribution in [0.4, 0.5) is 0 Å². The first-order chi connectivity index (χ1) is 23.0. The number of rotatable bonds is 4. The van der Waals surface area contributed by atoms with Gasteiger partial charge in [-0.1, -0.05) is 135 Å². The zero-order chi connectivity index (χ0) is 31.5. The van der Waals surface area contributed by atoms with E-state index in [1.165, 1.54) is 55.7 Å². The maximum atomic E-state index is 6.83. The highest BCUT2D eigenvalue weighted by Gasteiger charge is 2.41. The summed E-state index contributed by atoms with van der Waals surface area (Å²) in [6.45, 7) is 4.65. The average molecular weight is 607 g/mol. The average Bonchev–Trinajstić information content (AvgIpc) is 3.52. The minimum absolute atomic E-state index is 0.0395. The number of para-hydroxylation sites is 1. The summed E-state index contributed by atoms with van der Waals surface area (Å²) < 4.78 is 13.2. The molecule has 2 heterocycles. The van der Waals surface area contributed by atoms with Gasteiger partial charge in [-0.25, -0.2) is 0 Å². The Morgan fingerprint density at radius 2 is 1.13 bits per heavy atom. The largest absolute Gasteiger partial charge is 0.481 e. The highest BCUT2D eigenvalue weighted by atomic mass is 16.5. The van der Waals surface area contributed by atoms with Gasteiger partial charge in [0.1, 0.15) is 11.7 Å². The predicted octanol–water partition coefficient (Wildman–Crippen LogP) is 12.0. The van der Waals surface area contributed by atoms with E-state index in [2.05, 4.69) is 153 Å². The fourth-order valence-electron chi connectivity index (χ4n) is 7.49. The molecule has 7 aromatic rings. The number of hydrogen-bond acceptors (Lipinski definition) is 2. The zero-order valence-electron chi connectivity index (χ0n) is 26.5. The predicted molar refractivity (Wildman–Crippen MR) is 195 cm³/mol. The highest BCUT2D eigenvalue weighted by molar-refractivity contribution is 6.07. The van der Waals surface area contributed by atoms with E-state index in [0.717, 1.165) is 34.1 Å². The minimum Gasteiger partial charge on any atom is -0.481 e. The molecule has 47 heavy (non-hydrogen) atoms. The third-order valence-electron chi connectivity index (χ3n) is 10.1. The van der Waals surface area contributed by atoms with Crippen LogP contribution in [0.3, 0.4) is 0 Å². The van der Waals surface area contributed by atoms with Crippen LogP contribution in [0.5, 0.6) is 5.75 Å². The van der Waals surface area contributed by atoms with E-state index < -0.39 is 0 Å². The van der Waals surface area contributed by atoms with Gasteiger partial charge in [-0.2, -0.15) is 0 Å². The number of ether oxygens (including phenoxy) is 1. The topological polar surface area (TPSA) is 22.4 Å². The first-order valence-electron chi connectivity index (χ1n) is 16.4. The van der Waals surface area contributed by atoms with Gasteiger partial charge in [0.25, 0.3) is 0 Å². The first-order valence-corrected chi connectivity index (χ1v) is 16.4. The van der Waals surface area contributed by atoms with Crippen LogP contribution >= 0.6 is 0 Å². The SMILES string of the molecule is CC1(C)C2=CC(c3cc(-c4ccccc4)cc(-c4ccc(-c5ccccc5)cc4)c3)=CCC2Oc2c1ccc1c2oc2ccccc21. The molecule has 0 saturated carbocycles. The summed E-state index contributed by atoms with van der Waals surface area (Å²) >= 11 is 0.